The van der Waals surface area contributed by atoms with Crippen molar-refractivity contribution in [2.24, 2.45) is 0 Å². The number of carbonyl (C=O) groups excluding carboxylic acids is 2. The molecule has 0 heterocycles. The van der Waals surface area contributed by atoms with Gasteiger partial charge in [-0.3, -0.25) is 9.59 Å². The number of rotatable bonds is 4. The predicted molar refractivity (Wildman–Crippen MR) is 95.9 cm³/mol. The molecule has 1 aliphatic carbocycles. The summed E-state index contributed by atoms with van der Waals surface area (Å²) in [6.07, 6.45) is -4.53. The van der Waals surface area contributed by atoms with E-state index < -0.39 is 69.5 Å². The number of carboxylic acid groups (broad SMARTS) is 1. The molecule has 0 radical (unpaired) electrons. The molecule has 0 fully saturated rings. The Kier molecular flexibility index (Phi) is 5.53. The largest absolute Gasteiger partial charge is 0.493 e. The van der Waals surface area contributed by atoms with Gasteiger partial charge in [-0.2, -0.15) is 17.6 Å². The van der Waals surface area contributed by atoms with E-state index in [0.717, 1.165) is 18.5 Å². The number of benzene rings is 2. The molecule has 2 aromatic rings. The van der Waals surface area contributed by atoms with Crippen LogP contribution in [0, 0.1) is 11.6 Å². The van der Waals surface area contributed by atoms with E-state index >= 15 is 0 Å². The van der Waals surface area contributed by atoms with E-state index in [-0.39, 0.29) is 0 Å². The molecule has 1 aliphatic rings. The summed E-state index contributed by atoms with van der Waals surface area (Å²) in [7, 11) is 0.940. The van der Waals surface area contributed by atoms with Gasteiger partial charge in [0.15, 0.2) is 11.6 Å². The minimum Gasteiger partial charge on any atom is -0.493 e. The van der Waals surface area contributed by atoms with Gasteiger partial charge in [0.05, 0.1) is 18.4 Å². The van der Waals surface area contributed by atoms with Gasteiger partial charge in [0.2, 0.25) is 11.6 Å². The first-order valence-corrected chi connectivity index (χ1v) is 8.50. The Hall–Kier alpha value is -3.76. The quantitative estimate of drug-likeness (QED) is 0.556. The van der Waals surface area contributed by atoms with Crippen LogP contribution in [0.3, 0.4) is 0 Å². The van der Waals surface area contributed by atoms with Crippen molar-refractivity contribution in [3.05, 3.63) is 70.3 Å². The van der Waals surface area contributed by atoms with Crippen molar-refractivity contribution in [3.63, 3.8) is 0 Å². The molecule has 3 rings (SSSR count). The Morgan fingerprint density at radius 1 is 1.10 bits per heavy atom. The number of anilines is 1. The van der Waals surface area contributed by atoms with Crippen molar-refractivity contribution in [1.29, 1.82) is 0 Å². The van der Waals surface area contributed by atoms with Gasteiger partial charge in [0, 0.05) is 11.5 Å². The van der Waals surface area contributed by atoms with Gasteiger partial charge in [-0.25, -0.2) is 9.18 Å². The predicted octanol–water partition coefficient (Wildman–Crippen LogP) is 3.81. The zero-order valence-corrected chi connectivity index (χ0v) is 15.5. The molecule has 6 nitrogen and oxygen atoms in total. The van der Waals surface area contributed by atoms with E-state index in [9.17, 15) is 41.4 Å². The molecule has 0 saturated carbocycles. The Balaban J connectivity index is 2.40. The lowest BCUT2D eigenvalue weighted by Gasteiger charge is -2.28. The fourth-order valence-electron chi connectivity index (χ4n) is 3.27. The minimum atomic E-state index is -5.49. The van der Waals surface area contributed by atoms with Gasteiger partial charge >= 0.3 is 18.1 Å². The summed E-state index contributed by atoms with van der Waals surface area (Å²) >= 11 is 0. The third kappa shape index (κ3) is 3.74. The summed E-state index contributed by atoms with van der Waals surface area (Å²) in [6, 6.07) is 7.65. The van der Waals surface area contributed by atoms with E-state index in [1.807, 2.05) is 0 Å². The fourth-order valence-corrected chi connectivity index (χ4v) is 3.27. The maximum absolute atomic E-state index is 14.7. The standard InChI is InChI=1S/C20H12F5NO5/c1-31-17-11-9(8-5-3-2-4-6-8)7-10(18(28)29)16(27)12(11)15(13(21)14(17)22)26-19(30)20(23,24)25/h2-7,9H,1H3,(H,26,30)(H,28,29). The van der Waals surface area contributed by atoms with Crippen LogP contribution in [-0.2, 0) is 9.59 Å². The van der Waals surface area contributed by atoms with E-state index in [1.165, 1.54) is 12.1 Å². The number of ketones is 1. The summed E-state index contributed by atoms with van der Waals surface area (Å²) in [5.41, 5.74) is -3.36. The molecule has 1 amide bonds. The number of fused-ring (bicyclic) bond motifs is 1. The van der Waals surface area contributed by atoms with Crippen LogP contribution < -0.4 is 10.1 Å². The summed E-state index contributed by atoms with van der Waals surface area (Å²) in [5.74, 6) is -11.6. The van der Waals surface area contributed by atoms with Crippen LogP contribution in [0.5, 0.6) is 5.75 Å². The van der Waals surface area contributed by atoms with Crippen molar-refractivity contribution in [2.45, 2.75) is 12.1 Å². The second-order valence-electron chi connectivity index (χ2n) is 6.38. The van der Waals surface area contributed by atoms with Crippen molar-refractivity contribution >= 4 is 23.3 Å². The molecule has 0 spiro atoms. The third-order valence-electron chi connectivity index (χ3n) is 4.58. The molecule has 11 heteroatoms. The lowest BCUT2D eigenvalue weighted by molar-refractivity contribution is -0.167. The maximum atomic E-state index is 14.7. The van der Waals surface area contributed by atoms with Gasteiger partial charge in [-0.1, -0.05) is 36.4 Å². The fraction of sp³-hybridized carbons (Fsp3) is 0.150. The molecule has 0 saturated heterocycles. The van der Waals surface area contributed by atoms with E-state index in [2.05, 4.69) is 0 Å². The highest BCUT2D eigenvalue weighted by molar-refractivity contribution is 6.28. The molecular weight excluding hydrogens is 429 g/mol. The molecule has 1 unspecified atom stereocenters. The zero-order valence-electron chi connectivity index (χ0n) is 15.5. The summed E-state index contributed by atoms with van der Waals surface area (Å²) in [6.45, 7) is 0. The number of alkyl halides is 3. The van der Waals surface area contributed by atoms with Crippen LogP contribution >= 0.6 is 0 Å². The first-order valence-electron chi connectivity index (χ1n) is 8.50. The number of halogens is 5. The van der Waals surface area contributed by atoms with Crippen molar-refractivity contribution < 1.29 is 46.2 Å². The number of hydrogen-bond donors (Lipinski definition) is 2. The number of hydrogen-bond acceptors (Lipinski definition) is 4. The van der Waals surface area contributed by atoms with Gasteiger partial charge in [0.25, 0.3) is 0 Å². The number of carbonyl (C=O) groups is 3. The van der Waals surface area contributed by atoms with Crippen LogP contribution in [0.2, 0.25) is 0 Å². The SMILES string of the molecule is COc1c(F)c(F)c(NC(=O)C(F)(F)F)c2c1C(c1ccccc1)C=C(C(=O)O)C2=O. The van der Waals surface area contributed by atoms with Crippen molar-refractivity contribution in [3.8, 4) is 5.75 Å². The summed E-state index contributed by atoms with van der Waals surface area (Å²) < 4.78 is 72.5. The molecule has 0 bridgehead atoms. The van der Waals surface area contributed by atoms with Crippen LogP contribution in [-0.4, -0.2) is 36.1 Å². The molecule has 0 aromatic heterocycles. The molecular formula is C20H12F5NO5. The van der Waals surface area contributed by atoms with Gasteiger partial charge in [0.1, 0.15) is 5.57 Å². The number of amides is 1. The number of methoxy groups -OCH3 is 1. The number of Topliss-reactive ketones (excluding diaryl/α,β-unsaturated/α-hetero) is 1. The van der Waals surface area contributed by atoms with Gasteiger partial charge in [-0.15, -0.1) is 0 Å². The van der Waals surface area contributed by atoms with Crippen LogP contribution in [0.25, 0.3) is 0 Å². The topological polar surface area (TPSA) is 92.7 Å². The monoisotopic (exact) mass is 441 g/mol. The molecule has 2 aromatic carbocycles. The number of allylic oxidation sites excluding steroid dienone is 1. The Morgan fingerprint density at radius 2 is 1.71 bits per heavy atom. The zero-order chi connectivity index (χ0) is 23.1. The molecule has 31 heavy (non-hydrogen) atoms. The normalized spacial score (nSPS) is 15.7. The lowest BCUT2D eigenvalue weighted by atomic mass is 9.78. The Morgan fingerprint density at radius 3 is 2.23 bits per heavy atom. The van der Waals surface area contributed by atoms with Crippen molar-refractivity contribution in [2.75, 3.05) is 12.4 Å². The third-order valence-corrected chi connectivity index (χ3v) is 4.58. The van der Waals surface area contributed by atoms with E-state index in [4.69, 9.17) is 4.74 Å². The van der Waals surface area contributed by atoms with Crippen molar-refractivity contribution in [1.82, 2.24) is 0 Å². The second-order valence-corrected chi connectivity index (χ2v) is 6.38. The smallest absolute Gasteiger partial charge is 0.471 e. The maximum Gasteiger partial charge on any atom is 0.471 e. The van der Waals surface area contributed by atoms with Crippen LogP contribution in [0.15, 0.2) is 42.0 Å². The molecule has 1 atom stereocenters. The number of aliphatic carboxylic acids is 1. The average molecular weight is 441 g/mol. The Bertz CT molecular complexity index is 1130. The molecule has 0 aliphatic heterocycles. The van der Waals surface area contributed by atoms with E-state index in [0.29, 0.717) is 5.56 Å². The summed E-state index contributed by atoms with van der Waals surface area (Å²) in [5, 5.41) is 10.6. The summed E-state index contributed by atoms with van der Waals surface area (Å²) in [4.78, 5) is 35.8. The molecule has 2 N–H and O–H groups in total. The number of nitrogens with one attached hydrogen (secondary N) is 1. The molecule has 162 valence electrons. The number of ether oxygens (including phenoxy) is 1. The van der Waals surface area contributed by atoms with Crippen LogP contribution in [0.1, 0.15) is 27.4 Å². The van der Waals surface area contributed by atoms with Gasteiger partial charge in [-0.05, 0) is 5.56 Å². The first kappa shape index (κ1) is 21.9. The van der Waals surface area contributed by atoms with Gasteiger partial charge < -0.3 is 15.2 Å². The second kappa shape index (κ2) is 7.82. The van der Waals surface area contributed by atoms with E-state index in [1.54, 1.807) is 18.2 Å². The van der Waals surface area contributed by atoms with Crippen LogP contribution in [0.4, 0.5) is 27.6 Å². The highest BCUT2D eigenvalue weighted by Crippen LogP contribution is 2.46. The lowest BCUT2D eigenvalue weighted by Crippen LogP contribution is -2.33. The highest BCUT2D eigenvalue weighted by Gasteiger charge is 2.43. The average Bonchev–Trinajstić information content (AvgIpc) is 2.71. The number of carboxylic acids is 1. The minimum absolute atomic E-state index is 0.312. The Labute approximate surface area is 170 Å². The first-order chi connectivity index (χ1) is 14.5. The highest BCUT2D eigenvalue weighted by atomic mass is 19.4.